The summed E-state index contributed by atoms with van der Waals surface area (Å²) < 4.78 is 0. The summed E-state index contributed by atoms with van der Waals surface area (Å²) in [5.74, 6) is 0.907. The topological polar surface area (TPSA) is 40.7 Å². The zero-order chi connectivity index (χ0) is 13.7. The first-order valence-electron chi connectivity index (χ1n) is 6.38. The van der Waals surface area contributed by atoms with E-state index >= 15 is 0 Å². The summed E-state index contributed by atoms with van der Waals surface area (Å²) in [6, 6.07) is 5.67. The minimum Gasteiger partial charge on any atom is -0.347 e. The molecule has 0 saturated carbocycles. The molecule has 1 aromatic carbocycles. The second kappa shape index (κ2) is 6.94. The molecule has 1 unspecified atom stereocenters. The van der Waals surface area contributed by atoms with Crippen molar-refractivity contribution in [2.24, 2.45) is 0 Å². The standard InChI is InChI=1S/C14H17Cl2N3/c1-2-6-17-13(14-18-7-8-19-14)9-10-11(15)4-3-5-12(10)16/h3-5,7-8,13,17H,2,6,9H2,1H3,(H,18,19). The molecule has 2 N–H and O–H groups in total. The Morgan fingerprint density at radius 2 is 2.05 bits per heavy atom. The van der Waals surface area contributed by atoms with Gasteiger partial charge in [0, 0.05) is 22.4 Å². The highest BCUT2D eigenvalue weighted by Gasteiger charge is 2.17. The number of aromatic nitrogens is 2. The molecule has 2 aromatic rings. The highest BCUT2D eigenvalue weighted by molar-refractivity contribution is 6.36. The average Bonchev–Trinajstić information content (AvgIpc) is 2.91. The Hall–Kier alpha value is -1.03. The molecule has 0 amide bonds. The van der Waals surface area contributed by atoms with Crippen molar-refractivity contribution in [2.75, 3.05) is 6.54 Å². The predicted octanol–water partition coefficient (Wildman–Crippen LogP) is 4.00. The lowest BCUT2D eigenvalue weighted by atomic mass is 10.0. The smallest absolute Gasteiger partial charge is 0.123 e. The minimum absolute atomic E-state index is 0.0901. The molecule has 1 heterocycles. The predicted molar refractivity (Wildman–Crippen MR) is 79.8 cm³/mol. The van der Waals surface area contributed by atoms with E-state index in [1.165, 1.54) is 0 Å². The highest BCUT2D eigenvalue weighted by Crippen LogP contribution is 2.28. The van der Waals surface area contributed by atoms with E-state index in [1.807, 2.05) is 24.4 Å². The summed E-state index contributed by atoms with van der Waals surface area (Å²) in [5.41, 5.74) is 0.954. The zero-order valence-electron chi connectivity index (χ0n) is 10.8. The third-order valence-electron chi connectivity index (χ3n) is 2.96. The first-order valence-corrected chi connectivity index (χ1v) is 7.13. The molecule has 1 aromatic heterocycles. The van der Waals surface area contributed by atoms with Crippen LogP contribution < -0.4 is 5.32 Å². The number of benzene rings is 1. The minimum atomic E-state index is 0.0901. The van der Waals surface area contributed by atoms with Gasteiger partial charge in [0.2, 0.25) is 0 Å². The number of H-pyrrole nitrogens is 1. The van der Waals surface area contributed by atoms with Gasteiger partial charge in [0.15, 0.2) is 0 Å². The van der Waals surface area contributed by atoms with Gasteiger partial charge < -0.3 is 10.3 Å². The first kappa shape index (κ1) is 14.4. The highest BCUT2D eigenvalue weighted by atomic mass is 35.5. The van der Waals surface area contributed by atoms with Gasteiger partial charge in [0.05, 0.1) is 6.04 Å². The number of aromatic amines is 1. The lowest BCUT2D eigenvalue weighted by Crippen LogP contribution is -2.25. The number of halogens is 2. The molecular formula is C14H17Cl2N3. The van der Waals surface area contributed by atoms with Crippen LogP contribution in [0.15, 0.2) is 30.6 Å². The Balaban J connectivity index is 2.20. The van der Waals surface area contributed by atoms with Gasteiger partial charge in [-0.15, -0.1) is 0 Å². The van der Waals surface area contributed by atoms with E-state index in [2.05, 4.69) is 22.2 Å². The van der Waals surface area contributed by atoms with E-state index in [9.17, 15) is 0 Å². The number of imidazole rings is 1. The first-order chi connectivity index (χ1) is 9.22. The van der Waals surface area contributed by atoms with Gasteiger partial charge in [-0.1, -0.05) is 36.2 Å². The Kier molecular flexibility index (Phi) is 5.25. The fourth-order valence-corrected chi connectivity index (χ4v) is 2.54. The molecule has 0 fully saturated rings. The molecular weight excluding hydrogens is 281 g/mol. The van der Waals surface area contributed by atoms with Crippen molar-refractivity contribution < 1.29 is 0 Å². The maximum atomic E-state index is 6.23. The normalized spacial score (nSPS) is 12.6. The van der Waals surface area contributed by atoms with Crippen LogP contribution in [0.25, 0.3) is 0 Å². The Morgan fingerprint density at radius 1 is 1.32 bits per heavy atom. The van der Waals surface area contributed by atoms with Gasteiger partial charge >= 0.3 is 0 Å². The summed E-state index contributed by atoms with van der Waals surface area (Å²) in [5, 5.41) is 4.86. The summed E-state index contributed by atoms with van der Waals surface area (Å²) >= 11 is 12.5. The lowest BCUT2D eigenvalue weighted by Gasteiger charge is -2.18. The van der Waals surface area contributed by atoms with Crippen molar-refractivity contribution in [3.05, 3.63) is 52.0 Å². The molecule has 0 aliphatic heterocycles. The van der Waals surface area contributed by atoms with Crippen LogP contribution in [0.1, 0.15) is 30.8 Å². The maximum absolute atomic E-state index is 6.23. The van der Waals surface area contributed by atoms with Crippen LogP contribution in [0.5, 0.6) is 0 Å². The van der Waals surface area contributed by atoms with Gasteiger partial charge in [-0.05, 0) is 37.1 Å². The summed E-state index contributed by atoms with van der Waals surface area (Å²) in [6.07, 6.45) is 5.35. The second-order valence-corrected chi connectivity index (χ2v) is 5.20. The van der Waals surface area contributed by atoms with E-state index in [0.717, 1.165) is 24.4 Å². The van der Waals surface area contributed by atoms with Crippen LogP contribution in [-0.4, -0.2) is 16.5 Å². The number of hydrogen-bond donors (Lipinski definition) is 2. The molecule has 0 saturated heterocycles. The van der Waals surface area contributed by atoms with Crippen molar-refractivity contribution in [3.63, 3.8) is 0 Å². The van der Waals surface area contributed by atoms with Crippen molar-refractivity contribution in [1.29, 1.82) is 0 Å². The molecule has 5 heteroatoms. The van der Waals surface area contributed by atoms with Crippen molar-refractivity contribution in [2.45, 2.75) is 25.8 Å². The van der Waals surface area contributed by atoms with Gasteiger partial charge in [0.25, 0.3) is 0 Å². The van der Waals surface area contributed by atoms with Crippen LogP contribution >= 0.6 is 23.2 Å². The van der Waals surface area contributed by atoms with E-state index in [0.29, 0.717) is 16.5 Å². The van der Waals surface area contributed by atoms with Crippen LogP contribution in [-0.2, 0) is 6.42 Å². The molecule has 1 atom stereocenters. The molecule has 19 heavy (non-hydrogen) atoms. The quantitative estimate of drug-likeness (QED) is 0.846. The van der Waals surface area contributed by atoms with E-state index < -0.39 is 0 Å². The Morgan fingerprint density at radius 3 is 2.63 bits per heavy atom. The SMILES string of the molecule is CCCNC(Cc1c(Cl)cccc1Cl)c1ncc[nH]1. The average molecular weight is 298 g/mol. The van der Waals surface area contributed by atoms with Crippen molar-refractivity contribution in [3.8, 4) is 0 Å². The van der Waals surface area contributed by atoms with Crippen LogP contribution in [0, 0.1) is 0 Å². The third-order valence-corrected chi connectivity index (χ3v) is 3.67. The zero-order valence-corrected chi connectivity index (χ0v) is 12.3. The number of hydrogen-bond acceptors (Lipinski definition) is 2. The Bertz CT molecular complexity index is 491. The summed E-state index contributed by atoms with van der Waals surface area (Å²) in [6.45, 7) is 3.06. The fourth-order valence-electron chi connectivity index (χ4n) is 1.98. The van der Waals surface area contributed by atoms with Gasteiger partial charge in [-0.25, -0.2) is 4.98 Å². The molecule has 2 rings (SSSR count). The fraction of sp³-hybridized carbons (Fsp3) is 0.357. The Labute approximate surface area is 123 Å². The number of nitrogens with zero attached hydrogens (tertiary/aromatic N) is 1. The van der Waals surface area contributed by atoms with Crippen molar-refractivity contribution in [1.82, 2.24) is 15.3 Å². The molecule has 0 aliphatic carbocycles. The molecule has 3 nitrogen and oxygen atoms in total. The van der Waals surface area contributed by atoms with Crippen LogP contribution in [0.3, 0.4) is 0 Å². The van der Waals surface area contributed by atoms with Crippen LogP contribution in [0.4, 0.5) is 0 Å². The second-order valence-electron chi connectivity index (χ2n) is 4.39. The maximum Gasteiger partial charge on any atom is 0.123 e. The monoisotopic (exact) mass is 297 g/mol. The lowest BCUT2D eigenvalue weighted by molar-refractivity contribution is 0.508. The number of nitrogens with one attached hydrogen (secondary N) is 2. The van der Waals surface area contributed by atoms with E-state index in [-0.39, 0.29) is 6.04 Å². The van der Waals surface area contributed by atoms with E-state index in [4.69, 9.17) is 23.2 Å². The van der Waals surface area contributed by atoms with Gasteiger partial charge in [0.1, 0.15) is 5.82 Å². The summed E-state index contributed by atoms with van der Waals surface area (Å²) in [4.78, 5) is 7.47. The van der Waals surface area contributed by atoms with Gasteiger partial charge in [-0.2, -0.15) is 0 Å². The molecule has 102 valence electrons. The van der Waals surface area contributed by atoms with E-state index in [1.54, 1.807) is 6.20 Å². The molecule has 0 bridgehead atoms. The molecule has 0 spiro atoms. The summed E-state index contributed by atoms with van der Waals surface area (Å²) in [7, 11) is 0. The van der Waals surface area contributed by atoms with Crippen molar-refractivity contribution >= 4 is 23.2 Å². The number of rotatable bonds is 6. The van der Waals surface area contributed by atoms with Gasteiger partial charge in [-0.3, -0.25) is 0 Å². The largest absolute Gasteiger partial charge is 0.347 e. The molecule has 0 radical (unpaired) electrons. The third kappa shape index (κ3) is 3.72. The van der Waals surface area contributed by atoms with Crippen LogP contribution in [0.2, 0.25) is 10.0 Å². The molecule has 0 aliphatic rings.